The zero-order valence-corrected chi connectivity index (χ0v) is 10.1. The van der Waals surface area contributed by atoms with E-state index in [9.17, 15) is 14.7 Å². The molecule has 0 amide bonds. The Morgan fingerprint density at radius 2 is 2.00 bits per heavy atom. The number of esters is 1. The van der Waals surface area contributed by atoms with Gasteiger partial charge in [-0.2, -0.15) is 0 Å². The number of carbonyl (C=O) groups is 2. The Hall–Kier alpha value is -0.770. The summed E-state index contributed by atoms with van der Waals surface area (Å²) in [6.07, 6.45) is 2.83. The minimum Gasteiger partial charge on any atom is -0.481 e. The molecular formula is C11H17ClO4. The summed E-state index contributed by atoms with van der Waals surface area (Å²) < 4.78 is 5.09. The zero-order valence-electron chi connectivity index (χ0n) is 9.37. The number of hydrogen-bond acceptors (Lipinski definition) is 3. The summed E-state index contributed by atoms with van der Waals surface area (Å²) in [5.41, 5.74) is -0.621. The maximum absolute atomic E-state index is 11.2. The minimum atomic E-state index is -0.739. The molecule has 1 aliphatic carbocycles. The number of hydrogen-bond donors (Lipinski definition) is 1. The van der Waals surface area contributed by atoms with Crippen molar-refractivity contribution in [3.63, 3.8) is 0 Å². The summed E-state index contributed by atoms with van der Waals surface area (Å²) in [4.78, 5) is 22.1. The molecule has 0 bridgehead atoms. The number of carboxylic acid groups (broad SMARTS) is 1. The quantitative estimate of drug-likeness (QED) is 0.612. The smallest absolute Gasteiger partial charge is 0.321 e. The Morgan fingerprint density at radius 1 is 1.44 bits per heavy atom. The van der Waals surface area contributed by atoms with Crippen LogP contribution in [-0.4, -0.2) is 29.0 Å². The van der Waals surface area contributed by atoms with Crippen LogP contribution in [0.1, 0.15) is 39.0 Å². The van der Waals surface area contributed by atoms with E-state index < -0.39 is 17.4 Å². The summed E-state index contributed by atoms with van der Waals surface area (Å²) in [5.74, 6) is -1.31. The van der Waals surface area contributed by atoms with Gasteiger partial charge in [-0.3, -0.25) is 9.59 Å². The van der Waals surface area contributed by atoms with Crippen molar-refractivity contribution in [2.24, 2.45) is 5.41 Å². The Bertz CT molecular complexity index is 269. The molecule has 0 aromatic heterocycles. The van der Waals surface area contributed by atoms with E-state index in [2.05, 4.69) is 0 Å². The van der Waals surface area contributed by atoms with Crippen LogP contribution in [0.25, 0.3) is 0 Å². The number of ether oxygens (including phenoxy) is 1. The average Bonchev–Trinajstić information content (AvgIpc) is 2.29. The Labute approximate surface area is 99.9 Å². The fourth-order valence-electron chi connectivity index (χ4n) is 2.20. The van der Waals surface area contributed by atoms with Crippen LogP contribution in [0.15, 0.2) is 0 Å². The van der Waals surface area contributed by atoms with Gasteiger partial charge in [0.1, 0.15) is 12.0 Å². The average molecular weight is 249 g/mol. The van der Waals surface area contributed by atoms with Gasteiger partial charge in [0.25, 0.3) is 0 Å². The summed E-state index contributed by atoms with van der Waals surface area (Å²) in [6.45, 7) is 1.89. The minimum absolute atomic E-state index is 0.144. The normalized spacial score (nSPS) is 29.8. The van der Waals surface area contributed by atoms with Gasteiger partial charge in [0.2, 0.25) is 0 Å². The molecule has 0 atom stereocenters. The summed E-state index contributed by atoms with van der Waals surface area (Å²) in [5, 5.41) is 9.17. The van der Waals surface area contributed by atoms with Crippen LogP contribution in [0, 0.1) is 5.41 Å². The number of aliphatic carboxylic acids is 1. The molecule has 0 aromatic carbocycles. The highest BCUT2D eigenvalue weighted by atomic mass is 35.5. The molecule has 1 fully saturated rings. The lowest BCUT2D eigenvalue weighted by molar-refractivity contribution is -0.156. The van der Waals surface area contributed by atoms with Crippen molar-refractivity contribution in [1.29, 1.82) is 0 Å². The Kier molecular flexibility index (Phi) is 4.59. The largest absolute Gasteiger partial charge is 0.481 e. The lowest BCUT2D eigenvalue weighted by Crippen LogP contribution is -2.37. The molecule has 92 valence electrons. The molecule has 1 aliphatic rings. The van der Waals surface area contributed by atoms with Crippen LogP contribution >= 0.6 is 11.6 Å². The van der Waals surface area contributed by atoms with Gasteiger partial charge in [0.05, 0.1) is 5.41 Å². The third-order valence-electron chi connectivity index (χ3n) is 3.43. The van der Waals surface area contributed by atoms with Crippen LogP contribution in [0.5, 0.6) is 0 Å². The van der Waals surface area contributed by atoms with Crippen molar-refractivity contribution in [3.8, 4) is 0 Å². The molecule has 5 heteroatoms. The monoisotopic (exact) mass is 248 g/mol. The molecule has 0 unspecified atom stereocenters. The maximum Gasteiger partial charge on any atom is 0.321 e. The van der Waals surface area contributed by atoms with Gasteiger partial charge in [-0.1, -0.05) is 6.92 Å². The second kappa shape index (κ2) is 5.53. The van der Waals surface area contributed by atoms with Crippen LogP contribution in [-0.2, 0) is 14.3 Å². The highest BCUT2D eigenvalue weighted by Crippen LogP contribution is 2.40. The highest BCUT2D eigenvalue weighted by molar-refractivity contribution is 6.26. The lowest BCUT2D eigenvalue weighted by atomic mass is 9.71. The number of alkyl halides is 1. The topological polar surface area (TPSA) is 63.6 Å². The summed E-state index contributed by atoms with van der Waals surface area (Å²) in [7, 11) is 0. The molecule has 1 saturated carbocycles. The predicted molar refractivity (Wildman–Crippen MR) is 59.4 cm³/mol. The molecular weight excluding hydrogens is 232 g/mol. The van der Waals surface area contributed by atoms with Gasteiger partial charge in [-0.15, -0.1) is 11.6 Å². The molecule has 0 radical (unpaired) electrons. The Balaban J connectivity index is 2.49. The van der Waals surface area contributed by atoms with Crippen LogP contribution < -0.4 is 0 Å². The van der Waals surface area contributed by atoms with Crippen molar-refractivity contribution in [3.05, 3.63) is 0 Å². The van der Waals surface area contributed by atoms with E-state index >= 15 is 0 Å². The fourth-order valence-corrected chi connectivity index (χ4v) is 2.26. The third kappa shape index (κ3) is 2.88. The van der Waals surface area contributed by atoms with Crippen molar-refractivity contribution in [1.82, 2.24) is 0 Å². The maximum atomic E-state index is 11.2. The van der Waals surface area contributed by atoms with Crippen molar-refractivity contribution in [2.75, 3.05) is 5.88 Å². The second-order valence-electron chi connectivity index (χ2n) is 4.26. The van der Waals surface area contributed by atoms with Crippen LogP contribution in [0.4, 0.5) is 0 Å². The van der Waals surface area contributed by atoms with Gasteiger partial charge >= 0.3 is 11.9 Å². The Morgan fingerprint density at radius 3 is 2.38 bits per heavy atom. The van der Waals surface area contributed by atoms with Gasteiger partial charge < -0.3 is 9.84 Å². The van der Waals surface area contributed by atoms with Crippen molar-refractivity contribution < 1.29 is 19.4 Å². The number of halogens is 1. The van der Waals surface area contributed by atoms with Crippen LogP contribution in [0.3, 0.4) is 0 Å². The first-order valence-corrected chi connectivity index (χ1v) is 6.06. The molecule has 0 spiro atoms. The van der Waals surface area contributed by atoms with Crippen LogP contribution in [0.2, 0.25) is 0 Å². The van der Waals surface area contributed by atoms with E-state index in [0.29, 0.717) is 32.1 Å². The molecule has 16 heavy (non-hydrogen) atoms. The van der Waals surface area contributed by atoms with E-state index in [0.717, 1.165) is 0 Å². The number of carbonyl (C=O) groups excluding carboxylic acids is 1. The van der Waals surface area contributed by atoms with Gasteiger partial charge in [0.15, 0.2) is 0 Å². The molecule has 4 nitrogen and oxygen atoms in total. The van der Waals surface area contributed by atoms with E-state index in [-0.39, 0.29) is 12.0 Å². The molecule has 0 saturated heterocycles. The molecule has 0 aliphatic heterocycles. The second-order valence-corrected chi connectivity index (χ2v) is 4.53. The third-order valence-corrected chi connectivity index (χ3v) is 3.65. The van der Waals surface area contributed by atoms with Gasteiger partial charge in [-0.05, 0) is 32.1 Å². The lowest BCUT2D eigenvalue weighted by Gasteiger charge is -2.35. The first-order chi connectivity index (χ1) is 7.54. The molecule has 1 N–H and O–H groups in total. The molecule has 0 heterocycles. The van der Waals surface area contributed by atoms with Crippen molar-refractivity contribution in [2.45, 2.75) is 45.1 Å². The van der Waals surface area contributed by atoms with Crippen molar-refractivity contribution >= 4 is 23.5 Å². The van der Waals surface area contributed by atoms with Gasteiger partial charge in [-0.25, -0.2) is 0 Å². The van der Waals surface area contributed by atoms with E-state index in [1.165, 1.54) is 0 Å². The standard InChI is InChI=1S/C11H17ClO4/c1-2-11(10(14)15)5-3-8(4-6-11)16-9(13)7-12/h8H,2-7H2,1H3,(H,14,15). The number of carboxylic acids is 1. The van der Waals surface area contributed by atoms with E-state index in [1.54, 1.807) is 0 Å². The number of rotatable bonds is 4. The SMILES string of the molecule is CCC1(C(=O)O)CCC(OC(=O)CCl)CC1. The molecule has 1 rings (SSSR count). The van der Waals surface area contributed by atoms with Gasteiger partial charge in [0, 0.05) is 0 Å². The predicted octanol–water partition coefficient (Wildman–Crippen LogP) is 2.19. The summed E-state index contributed by atoms with van der Waals surface area (Å²) in [6, 6.07) is 0. The molecule has 0 aromatic rings. The summed E-state index contributed by atoms with van der Waals surface area (Å²) >= 11 is 5.34. The van der Waals surface area contributed by atoms with E-state index in [1.807, 2.05) is 6.92 Å². The fraction of sp³-hybridized carbons (Fsp3) is 0.818. The zero-order chi connectivity index (χ0) is 12.2. The highest BCUT2D eigenvalue weighted by Gasteiger charge is 2.41. The first kappa shape index (κ1) is 13.3. The van der Waals surface area contributed by atoms with E-state index in [4.69, 9.17) is 16.3 Å². The first-order valence-electron chi connectivity index (χ1n) is 5.53.